The summed E-state index contributed by atoms with van der Waals surface area (Å²) in [5, 5.41) is 31.8. The van der Waals surface area contributed by atoms with E-state index in [0.29, 0.717) is 18.1 Å². The van der Waals surface area contributed by atoms with E-state index in [1.807, 2.05) is 18.2 Å². The zero-order chi connectivity index (χ0) is 29.1. The van der Waals surface area contributed by atoms with Gasteiger partial charge in [0.1, 0.15) is 23.4 Å². The van der Waals surface area contributed by atoms with E-state index in [2.05, 4.69) is 13.8 Å². The SMILES string of the molecule is CCCCC[C@H](C)CCC[C@@H]1Cc2cc(O)ccc2-c2c(OC)cc3c(c21)C[C@@H](O)[C@H](c1ccc(O)c(OC)c1)O3. The minimum atomic E-state index is -0.769. The Morgan fingerprint density at radius 2 is 1.71 bits per heavy atom. The van der Waals surface area contributed by atoms with Crippen LogP contribution in [0.25, 0.3) is 11.1 Å². The van der Waals surface area contributed by atoms with E-state index in [0.717, 1.165) is 58.6 Å². The lowest BCUT2D eigenvalue weighted by Gasteiger charge is -2.37. The fourth-order valence-corrected chi connectivity index (χ4v) is 6.80. The Balaban J connectivity index is 1.51. The van der Waals surface area contributed by atoms with Crippen molar-refractivity contribution in [3.63, 3.8) is 0 Å². The lowest BCUT2D eigenvalue weighted by molar-refractivity contribution is 0.0201. The Bertz CT molecular complexity index is 1370. The predicted molar refractivity (Wildman–Crippen MR) is 161 cm³/mol. The number of methoxy groups -OCH3 is 2. The Labute approximate surface area is 243 Å². The number of aliphatic hydroxyl groups excluding tert-OH is 1. The van der Waals surface area contributed by atoms with Gasteiger partial charge in [0.15, 0.2) is 11.5 Å². The number of benzene rings is 3. The highest BCUT2D eigenvalue weighted by Gasteiger charge is 2.38. The lowest BCUT2D eigenvalue weighted by Crippen LogP contribution is -2.32. The molecule has 2 aliphatic rings. The van der Waals surface area contributed by atoms with Crippen LogP contribution < -0.4 is 14.2 Å². The van der Waals surface area contributed by atoms with Crippen molar-refractivity contribution in [1.82, 2.24) is 0 Å². The number of aliphatic hydroxyl groups is 1. The third kappa shape index (κ3) is 5.99. The summed E-state index contributed by atoms with van der Waals surface area (Å²) in [4.78, 5) is 0. The molecule has 0 amide bonds. The summed E-state index contributed by atoms with van der Waals surface area (Å²) >= 11 is 0. The van der Waals surface area contributed by atoms with Crippen LogP contribution in [0.1, 0.15) is 93.1 Å². The van der Waals surface area contributed by atoms with Crippen molar-refractivity contribution in [2.24, 2.45) is 5.92 Å². The number of phenolic OH excluding ortho intramolecular Hbond substituents is 2. The van der Waals surface area contributed by atoms with Crippen LogP contribution in [0.15, 0.2) is 42.5 Å². The summed E-state index contributed by atoms with van der Waals surface area (Å²) < 4.78 is 17.8. The van der Waals surface area contributed by atoms with Crippen LogP contribution in [-0.4, -0.2) is 35.6 Å². The van der Waals surface area contributed by atoms with Crippen LogP contribution in [0.3, 0.4) is 0 Å². The molecule has 5 rings (SSSR count). The Hall–Kier alpha value is -3.38. The normalized spacial score (nSPS) is 19.9. The molecule has 220 valence electrons. The van der Waals surface area contributed by atoms with Crippen molar-refractivity contribution < 1.29 is 29.5 Å². The van der Waals surface area contributed by atoms with Gasteiger partial charge in [-0.25, -0.2) is 0 Å². The van der Waals surface area contributed by atoms with Crippen molar-refractivity contribution in [3.8, 4) is 39.9 Å². The standard InChI is InChI=1S/C35H44O6/c1-5-6-7-9-21(2)10-8-11-22-16-24-17-25(36)13-14-26(24)34-32(40-4)20-30-27(33(22)34)19-29(38)35(41-30)23-12-15-28(37)31(18-23)39-3/h12-15,17-18,20-22,29,35-38H,5-11,16,19H2,1-4H3/t21-,22+,29+,35-/m0/s1. The monoisotopic (exact) mass is 560 g/mol. The van der Waals surface area contributed by atoms with Gasteiger partial charge in [-0.05, 0) is 71.2 Å². The average molecular weight is 561 g/mol. The zero-order valence-corrected chi connectivity index (χ0v) is 24.8. The van der Waals surface area contributed by atoms with Gasteiger partial charge in [0, 0.05) is 23.6 Å². The smallest absolute Gasteiger partial charge is 0.160 e. The molecule has 0 aromatic heterocycles. The quantitative estimate of drug-likeness (QED) is 0.207. The first-order chi connectivity index (χ1) is 19.8. The second kappa shape index (κ2) is 12.6. The third-order valence-corrected chi connectivity index (χ3v) is 8.95. The molecule has 3 aromatic carbocycles. The van der Waals surface area contributed by atoms with Gasteiger partial charge in [-0.3, -0.25) is 0 Å². The number of ether oxygens (including phenoxy) is 3. The number of phenols is 2. The van der Waals surface area contributed by atoms with Crippen LogP contribution in [0.4, 0.5) is 0 Å². The maximum atomic E-state index is 11.4. The highest BCUT2D eigenvalue weighted by atomic mass is 16.5. The van der Waals surface area contributed by atoms with Gasteiger partial charge in [0.2, 0.25) is 0 Å². The highest BCUT2D eigenvalue weighted by Crippen LogP contribution is 2.53. The van der Waals surface area contributed by atoms with Crippen LogP contribution in [0.2, 0.25) is 0 Å². The average Bonchev–Trinajstić information content (AvgIpc) is 2.96. The minimum absolute atomic E-state index is 0.0462. The number of aromatic hydroxyl groups is 2. The van der Waals surface area contributed by atoms with Crippen molar-refractivity contribution in [2.75, 3.05) is 14.2 Å². The summed E-state index contributed by atoms with van der Waals surface area (Å²) in [6.45, 7) is 4.62. The van der Waals surface area contributed by atoms with Crippen molar-refractivity contribution >= 4 is 0 Å². The van der Waals surface area contributed by atoms with Gasteiger partial charge >= 0.3 is 0 Å². The van der Waals surface area contributed by atoms with E-state index in [-0.39, 0.29) is 17.4 Å². The van der Waals surface area contributed by atoms with E-state index >= 15 is 0 Å². The molecule has 6 nitrogen and oxygen atoms in total. The third-order valence-electron chi connectivity index (χ3n) is 8.95. The number of fused-ring (bicyclic) bond motifs is 5. The Morgan fingerprint density at radius 1 is 0.927 bits per heavy atom. The highest BCUT2D eigenvalue weighted by molar-refractivity contribution is 5.83. The Kier molecular flexibility index (Phi) is 8.98. The molecular weight excluding hydrogens is 516 g/mol. The molecule has 3 N–H and O–H groups in total. The first-order valence-corrected chi connectivity index (χ1v) is 15.1. The largest absolute Gasteiger partial charge is 0.508 e. The van der Waals surface area contributed by atoms with E-state index < -0.39 is 12.2 Å². The molecule has 41 heavy (non-hydrogen) atoms. The number of unbranched alkanes of at least 4 members (excludes halogenated alkanes) is 2. The molecule has 0 unspecified atom stereocenters. The minimum Gasteiger partial charge on any atom is -0.508 e. The van der Waals surface area contributed by atoms with E-state index in [4.69, 9.17) is 14.2 Å². The van der Waals surface area contributed by atoms with Gasteiger partial charge in [0.05, 0.1) is 20.3 Å². The van der Waals surface area contributed by atoms with Crippen molar-refractivity contribution in [3.05, 3.63) is 64.7 Å². The van der Waals surface area contributed by atoms with Gasteiger partial charge in [-0.1, -0.05) is 64.5 Å². The van der Waals surface area contributed by atoms with Crippen LogP contribution in [-0.2, 0) is 12.8 Å². The molecule has 6 heteroatoms. The van der Waals surface area contributed by atoms with Crippen molar-refractivity contribution in [2.45, 2.75) is 89.8 Å². The van der Waals surface area contributed by atoms with E-state index in [1.165, 1.54) is 44.8 Å². The fourth-order valence-electron chi connectivity index (χ4n) is 6.80. The van der Waals surface area contributed by atoms with Gasteiger partial charge in [-0.2, -0.15) is 0 Å². The predicted octanol–water partition coefficient (Wildman–Crippen LogP) is 7.85. The number of hydrogen-bond acceptors (Lipinski definition) is 6. The molecular formula is C35H44O6. The molecule has 4 atom stereocenters. The van der Waals surface area contributed by atoms with Crippen LogP contribution >= 0.6 is 0 Å². The van der Waals surface area contributed by atoms with Crippen LogP contribution in [0.5, 0.6) is 28.7 Å². The van der Waals surface area contributed by atoms with Gasteiger partial charge in [0.25, 0.3) is 0 Å². The molecule has 0 spiro atoms. The molecule has 0 bridgehead atoms. The second-order valence-corrected chi connectivity index (χ2v) is 11.9. The maximum Gasteiger partial charge on any atom is 0.160 e. The van der Waals surface area contributed by atoms with E-state index in [1.54, 1.807) is 31.4 Å². The lowest BCUT2D eigenvalue weighted by atomic mass is 9.72. The molecule has 0 saturated heterocycles. The Morgan fingerprint density at radius 3 is 2.46 bits per heavy atom. The summed E-state index contributed by atoms with van der Waals surface area (Å²) in [5.74, 6) is 3.06. The first kappa shape index (κ1) is 29.1. The molecule has 1 aliphatic carbocycles. The molecule has 0 radical (unpaired) electrons. The van der Waals surface area contributed by atoms with Crippen LogP contribution in [0, 0.1) is 5.92 Å². The maximum absolute atomic E-state index is 11.4. The topological polar surface area (TPSA) is 88.4 Å². The van der Waals surface area contributed by atoms with Gasteiger partial charge in [-0.15, -0.1) is 0 Å². The van der Waals surface area contributed by atoms with Gasteiger partial charge < -0.3 is 29.5 Å². The molecule has 3 aromatic rings. The summed E-state index contributed by atoms with van der Waals surface area (Å²) in [7, 11) is 3.19. The van der Waals surface area contributed by atoms with E-state index in [9.17, 15) is 15.3 Å². The first-order valence-electron chi connectivity index (χ1n) is 15.1. The fraction of sp³-hybridized carbons (Fsp3) is 0.486. The number of hydrogen-bond donors (Lipinski definition) is 3. The molecule has 0 saturated carbocycles. The number of rotatable bonds is 11. The molecule has 0 fully saturated rings. The second-order valence-electron chi connectivity index (χ2n) is 11.9. The summed E-state index contributed by atoms with van der Waals surface area (Å²) in [6.07, 6.45) is 8.37. The molecule has 1 heterocycles. The van der Waals surface area contributed by atoms with Crippen molar-refractivity contribution in [1.29, 1.82) is 0 Å². The zero-order valence-electron chi connectivity index (χ0n) is 24.8. The summed E-state index contributed by atoms with van der Waals surface area (Å²) in [6, 6.07) is 12.6. The molecule has 1 aliphatic heterocycles. The summed E-state index contributed by atoms with van der Waals surface area (Å²) in [5.41, 5.74) is 6.23.